The molecule has 3 rings (SSSR count). The number of sulfonamides is 1. The van der Waals surface area contributed by atoms with E-state index in [1.165, 1.54) is 36.2 Å². The number of nitrogens with zero attached hydrogens (tertiary/aromatic N) is 2. The molecule has 1 atom stereocenters. The number of hydrogen-bond acceptors (Lipinski definition) is 4. The molecule has 0 spiro atoms. The van der Waals surface area contributed by atoms with Crippen LogP contribution in [0.2, 0.25) is 5.02 Å². The Morgan fingerprint density at radius 2 is 1.56 bits per heavy atom. The minimum Gasteiger partial charge on any atom is -0.357 e. The highest BCUT2D eigenvalue weighted by Gasteiger charge is 2.32. The number of carbonyl (C=O) groups is 2. The van der Waals surface area contributed by atoms with Crippen molar-refractivity contribution in [3.8, 4) is 0 Å². The molecule has 0 radical (unpaired) electrons. The number of aryl methyl sites for hydroxylation is 2. The lowest BCUT2D eigenvalue weighted by Crippen LogP contribution is -2.50. The van der Waals surface area contributed by atoms with Crippen molar-refractivity contribution in [2.24, 2.45) is 0 Å². The van der Waals surface area contributed by atoms with Gasteiger partial charge in [0.05, 0.1) is 10.6 Å². The van der Waals surface area contributed by atoms with E-state index >= 15 is 0 Å². The summed E-state index contributed by atoms with van der Waals surface area (Å²) in [5.74, 6) is -0.856. The van der Waals surface area contributed by atoms with Gasteiger partial charge in [-0.05, 0) is 68.3 Å². The monoisotopic (exact) mass is 527 g/mol. The summed E-state index contributed by atoms with van der Waals surface area (Å²) in [4.78, 5) is 27.6. The van der Waals surface area contributed by atoms with E-state index in [0.717, 1.165) is 21.0 Å². The molecule has 0 fully saturated rings. The van der Waals surface area contributed by atoms with Crippen molar-refractivity contribution in [2.45, 2.75) is 38.3 Å². The van der Waals surface area contributed by atoms with Crippen molar-refractivity contribution < 1.29 is 18.0 Å². The first-order valence-electron chi connectivity index (χ1n) is 11.4. The molecule has 36 heavy (non-hydrogen) atoms. The van der Waals surface area contributed by atoms with Gasteiger partial charge in [-0.15, -0.1) is 0 Å². The van der Waals surface area contributed by atoms with E-state index in [4.69, 9.17) is 11.6 Å². The molecule has 0 unspecified atom stereocenters. The first-order chi connectivity index (χ1) is 17.0. The Hall–Kier alpha value is -3.36. The molecule has 0 heterocycles. The van der Waals surface area contributed by atoms with Crippen molar-refractivity contribution in [3.63, 3.8) is 0 Å². The predicted molar refractivity (Wildman–Crippen MR) is 142 cm³/mol. The van der Waals surface area contributed by atoms with Gasteiger partial charge in [-0.1, -0.05) is 53.6 Å². The Bertz CT molecular complexity index is 1340. The van der Waals surface area contributed by atoms with Crippen molar-refractivity contribution in [1.82, 2.24) is 10.2 Å². The van der Waals surface area contributed by atoms with Crippen molar-refractivity contribution in [3.05, 3.63) is 94.5 Å². The van der Waals surface area contributed by atoms with Gasteiger partial charge in [-0.25, -0.2) is 8.42 Å². The average molecular weight is 528 g/mol. The van der Waals surface area contributed by atoms with Crippen LogP contribution in [0.3, 0.4) is 0 Å². The van der Waals surface area contributed by atoms with Crippen LogP contribution in [0.15, 0.2) is 77.7 Å². The molecule has 0 saturated carbocycles. The maximum Gasteiger partial charge on any atom is 0.264 e. The van der Waals surface area contributed by atoms with E-state index in [1.54, 1.807) is 25.1 Å². The second-order valence-electron chi connectivity index (χ2n) is 8.61. The van der Waals surface area contributed by atoms with Crippen LogP contribution in [0, 0.1) is 13.8 Å². The summed E-state index contributed by atoms with van der Waals surface area (Å²) in [6.07, 6.45) is 0. The zero-order chi connectivity index (χ0) is 26.5. The average Bonchev–Trinajstić information content (AvgIpc) is 2.85. The highest BCUT2D eigenvalue weighted by molar-refractivity contribution is 7.92. The second kappa shape index (κ2) is 11.6. The number of amides is 2. The van der Waals surface area contributed by atoms with Crippen LogP contribution >= 0.6 is 11.6 Å². The fraction of sp³-hybridized carbons (Fsp3) is 0.259. The minimum absolute atomic E-state index is 0.00536. The van der Waals surface area contributed by atoms with Gasteiger partial charge in [-0.2, -0.15) is 0 Å². The Morgan fingerprint density at radius 1 is 0.944 bits per heavy atom. The summed E-state index contributed by atoms with van der Waals surface area (Å²) in [5, 5.41) is 2.97. The Morgan fingerprint density at radius 3 is 2.14 bits per heavy atom. The smallest absolute Gasteiger partial charge is 0.264 e. The third-order valence-electron chi connectivity index (χ3n) is 5.82. The maximum atomic E-state index is 13.7. The van der Waals surface area contributed by atoms with Crippen LogP contribution in [-0.4, -0.2) is 44.8 Å². The SMILES string of the molecule is CNC(=O)[C@@H](C)N(Cc1cccc(C)c1)C(=O)CN(c1cccc(C)c1)S(=O)(=O)c1ccc(Cl)cc1. The molecule has 1 N–H and O–H groups in total. The lowest BCUT2D eigenvalue weighted by Gasteiger charge is -2.32. The summed E-state index contributed by atoms with van der Waals surface area (Å²) in [7, 11) is -2.62. The van der Waals surface area contributed by atoms with Crippen LogP contribution in [0.5, 0.6) is 0 Å². The number of benzene rings is 3. The van der Waals surface area contributed by atoms with Crippen LogP contribution in [0.4, 0.5) is 5.69 Å². The zero-order valence-electron chi connectivity index (χ0n) is 20.7. The third kappa shape index (κ3) is 6.44. The fourth-order valence-electron chi connectivity index (χ4n) is 3.84. The number of carbonyl (C=O) groups excluding carboxylic acids is 2. The van der Waals surface area contributed by atoms with Gasteiger partial charge in [0.25, 0.3) is 10.0 Å². The number of anilines is 1. The molecular formula is C27H30ClN3O4S. The zero-order valence-corrected chi connectivity index (χ0v) is 22.3. The summed E-state index contributed by atoms with van der Waals surface area (Å²) in [6.45, 7) is 5.07. The number of hydrogen-bond donors (Lipinski definition) is 1. The highest BCUT2D eigenvalue weighted by Crippen LogP contribution is 2.26. The number of rotatable bonds is 9. The maximum absolute atomic E-state index is 13.7. The molecule has 2 amide bonds. The van der Waals surface area contributed by atoms with Gasteiger partial charge < -0.3 is 10.2 Å². The Labute approximate surface area is 217 Å². The lowest BCUT2D eigenvalue weighted by molar-refractivity contribution is -0.139. The van der Waals surface area contributed by atoms with Gasteiger partial charge in [0.15, 0.2) is 0 Å². The van der Waals surface area contributed by atoms with E-state index in [1.807, 2.05) is 44.2 Å². The molecule has 3 aromatic rings. The van der Waals surface area contributed by atoms with E-state index in [2.05, 4.69) is 5.32 Å². The van der Waals surface area contributed by atoms with Crippen molar-refractivity contribution in [1.29, 1.82) is 0 Å². The van der Waals surface area contributed by atoms with Crippen LogP contribution < -0.4 is 9.62 Å². The summed E-state index contributed by atoms with van der Waals surface area (Å²) in [6, 6.07) is 19.5. The van der Waals surface area contributed by atoms with Gasteiger partial charge >= 0.3 is 0 Å². The van der Waals surface area contributed by atoms with Gasteiger partial charge in [0.1, 0.15) is 12.6 Å². The molecule has 190 valence electrons. The second-order valence-corrected chi connectivity index (χ2v) is 10.9. The molecular weight excluding hydrogens is 498 g/mol. The summed E-state index contributed by atoms with van der Waals surface area (Å²) >= 11 is 5.96. The Balaban J connectivity index is 2.03. The summed E-state index contributed by atoms with van der Waals surface area (Å²) < 4.78 is 28.5. The normalized spacial score (nSPS) is 12.0. The quantitative estimate of drug-likeness (QED) is 0.449. The molecule has 9 heteroatoms. The Kier molecular flexibility index (Phi) is 8.76. The van der Waals surface area contributed by atoms with E-state index < -0.39 is 28.5 Å². The molecule has 3 aromatic carbocycles. The van der Waals surface area contributed by atoms with Crippen molar-refractivity contribution >= 4 is 39.1 Å². The number of halogens is 1. The summed E-state index contributed by atoms with van der Waals surface area (Å²) in [5.41, 5.74) is 3.04. The molecule has 7 nitrogen and oxygen atoms in total. The molecule has 0 aliphatic carbocycles. The fourth-order valence-corrected chi connectivity index (χ4v) is 5.38. The number of nitrogens with one attached hydrogen (secondary N) is 1. The number of likely N-dealkylation sites (N-methyl/N-ethyl adjacent to an activating group) is 1. The topological polar surface area (TPSA) is 86.8 Å². The molecule has 0 aliphatic rings. The van der Waals surface area contributed by atoms with Gasteiger partial charge in [0, 0.05) is 18.6 Å². The largest absolute Gasteiger partial charge is 0.357 e. The standard InChI is InChI=1S/C27H30ClN3O4S/c1-19-7-5-9-22(15-19)17-30(21(3)27(33)29-4)26(32)18-31(24-10-6-8-20(2)16-24)36(34,35)25-13-11-23(28)12-14-25/h5-16,21H,17-18H2,1-4H3,(H,29,33)/t21-/m1/s1. The van der Waals surface area contributed by atoms with E-state index in [-0.39, 0.29) is 17.3 Å². The third-order valence-corrected chi connectivity index (χ3v) is 7.86. The van der Waals surface area contributed by atoms with Crippen molar-refractivity contribution in [2.75, 3.05) is 17.9 Å². The molecule has 0 aromatic heterocycles. The molecule has 0 saturated heterocycles. The van der Waals surface area contributed by atoms with Crippen LogP contribution in [0.1, 0.15) is 23.6 Å². The van der Waals surface area contributed by atoms with Gasteiger partial charge in [0.2, 0.25) is 11.8 Å². The lowest BCUT2D eigenvalue weighted by atomic mass is 10.1. The molecule has 0 bridgehead atoms. The molecule has 0 aliphatic heterocycles. The first-order valence-corrected chi connectivity index (χ1v) is 13.3. The van der Waals surface area contributed by atoms with Crippen LogP contribution in [-0.2, 0) is 26.2 Å². The van der Waals surface area contributed by atoms with E-state index in [9.17, 15) is 18.0 Å². The van der Waals surface area contributed by atoms with Crippen LogP contribution in [0.25, 0.3) is 0 Å². The van der Waals surface area contributed by atoms with Gasteiger partial charge in [-0.3, -0.25) is 13.9 Å². The first kappa shape index (κ1) is 27.2. The minimum atomic E-state index is -4.12. The van der Waals surface area contributed by atoms with E-state index in [0.29, 0.717) is 10.7 Å². The highest BCUT2D eigenvalue weighted by atomic mass is 35.5. The predicted octanol–water partition coefficient (Wildman–Crippen LogP) is 4.32.